The van der Waals surface area contributed by atoms with Gasteiger partial charge in [0.05, 0.1) is 9.90 Å². The fourth-order valence-corrected chi connectivity index (χ4v) is 3.02. The van der Waals surface area contributed by atoms with Gasteiger partial charge in [0.2, 0.25) is 0 Å². The fraction of sp³-hybridized carbons (Fsp3) is 0.556. The van der Waals surface area contributed by atoms with Crippen LogP contribution < -0.4 is 5.73 Å². The maximum absolute atomic E-state index is 10.3. The monoisotopic (exact) mass is 217 g/mol. The quantitative estimate of drug-likeness (QED) is 0.813. The average molecular weight is 218 g/mol. The highest BCUT2D eigenvalue weighted by Gasteiger charge is 2.45. The molecule has 4 heteroatoms. The van der Waals surface area contributed by atoms with E-state index in [1.807, 2.05) is 11.4 Å². The molecule has 0 saturated heterocycles. The molecular weight excluding hydrogens is 206 g/mol. The Hall–Kier alpha value is -0.0900. The summed E-state index contributed by atoms with van der Waals surface area (Å²) in [5.41, 5.74) is 4.74. The SMILES string of the molecule is NCC(O)(c1sccc1Cl)C1CC1. The second-order valence-corrected chi connectivity index (χ2v) is 4.82. The molecule has 1 aliphatic carbocycles. The van der Waals surface area contributed by atoms with Crippen LogP contribution in [0.1, 0.15) is 17.7 Å². The van der Waals surface area contributed by atoms with Crippen molar-refractivity contribution in [3.8, 4) is 0 Å². The highest BCUT2D eigenvalue weighted by molar-refractivity contribution is 7.10. The summed E-state index contributed by atoms with van der Waals surface area (Å²) in [6.45, 7) is 0.262. The van der Waals surface area contributed by atoms with Crippen LogP contribution in [0.2, 0.25) is 5.02 Å². The Labute approximate surface area is 86.3 Å². The van der Waals surface area contributed by atoms with Crippen LogP contribution in [-0.2, 0) is 5.60 Å². The Kier molecular flexibility index (Phi) is 2.36. The lowest BCUT2D eigenvalue weighted by atomic mass is 9.96. The first-order valence-electron chi connectivity index (χ1n) is 4.34. The van der Waals surface area contributed by atoms with Gasteiger partial charge in [-0.15, -0.1) is 11.3 Å². The third kappa shape index (κ3) is 1.50. The van der Waals surface area contributed by atoms with Crippen LogP contribution >= 0.6 is 22.9 Å². The Morgan fingerprint density at radius 2 is 2.38 bits per heavy atom. The summed E-state index contributed by atoms with van der Waals surface area (Å²) < 4.78 is 0. The van der Waals surface area contributed by atoms with Gasteiger partial charge in [0.25, 0.3) is 0 Å². The highest BCUT2D eigenvalue weighted by atomic mass is 35.5. The normalized spacial score (nSPS) is 21.5. The van der Waals surface area contributed by atoms with Crippen molar-refractivity contribution >= 4 is 22.9 Å². The molecule has 2 nitrogen and oxygen atoms in total. The number of rotatable bonds is 3. The van der Waals surface area contributed by atoms with E-state index in [9.17, 15) is 5.11 Å². The molecule has 0 aliphatic heterocycles. The van der Waals surface area contributed by atoms with Gasteiger partial charge >= 0.3 is 0 Å². The number of hydrogen-bond acceptors (Lipinski definition) is 3. The van der Waals surface area contributed by atoms with Crippen LogP contribution in [0.15, 0.2) is 11.4 Å². The van der Waals surface area contributed by atoms with E-state index in [2.05, 4.69) is 0 Å². The van der Waals surface area contributed by atoms with Crippen LogP contribution in [0.5, 0.6) is 0 Å². The molecule has 0 radical (unpaired) electrons. The van der Waals surface area contributed by atoms with Crippen LogP contribution in [0.25, 0.3) is 0 Å². The van der Waals surface area contributed by atoms with Gasteiger partial charge in [0.15, 0.2) is 0 Å². The van der Waals surface area contributed by atoms with E-state index in [4.69, 9.17) is 17.3 Å². The second-order valence-electron chi connectivity index (χ2n) is 3.50. The number of halogens is 1. The minimum Gasteiger partial charge on any atom is -0.383 e. The van der Waals surface area contributed by atoms with E-state index < -0.39 is 5.60 Å². The third-order valence-corrected chi connectivity index (χ3v) is 4.08. The smallest absolute Gasteiger partial charge is 0.115 e. The Morgan fingerprint density at radius 1 is 1.69 bits per heavy atom. The highest BCUT2D eigenvalue weighted by Crippen LogP contribution is 2.48. The third-order valence-electron chi connectivity index (χ3n) is 2.57. The molecule has 0 bridgehead atoms. The predicted molar refractivity (Wildman–Crippen MR) is 55.0 cm³/mol. The first-order valence-corrected chi connectivity index (χ1v) is 5.60. The summed E-state index contributed by atoms with van der Waals surface area (Å²) in [6.07, 6.45) is 2.11. The number of aliphatic hydroxyl groups is 1. The van der Waals surface area contributed by atoms with Crippen molar-refractivity contribution in [3.05, 3.63) is 21.3 Å². The van der Waals surface area contributed by atoms with Crippen molar-refractivity contribution in [1.29, 1.82) is 0 Å². The molecule has 1 heterocycles. The minimum absolute atomic E-state index is 0.262. The maximum atomic E-state index is 10.3. The number of hydrogen-bond donors (Lipinski definition) is 2. The van der Waals surface area contributed by atoms with E-state index in [1.165, 1.54) is 11.3 Å². The van der Waals surface area contributed by atoms with Gasteiger partial charge in [-0.1, -0.05) is 11.6 Å². The molecule has 1 fully saturated rings. The molecule has 2 rings (SSSR count). The van der Waals surface area contributed by atoms with Crippen LogP contribution in [0, 0.1) is 5.92 Å². The van der Waals surface area contributed by atoms with Crippen molar-refractivity contribution in [2.45, 2.75) is 18.4 Å². The average Bonchev–Trinajstić information content (AvgIpc) is 2.89. The fourth-order valence-electron chi connectivity index (χ4n) is 1.61. The first-order chi connectivity index (χ1) is 6.18. The second kappa shape index (κ2) is 3.24. The minimum atomic E-state index is -0.870. The first kappa shape index (κ1) is 9.46. The lowest BCUT2D eigenvalue weighted by Gasteiger charge is -2.25. The molecule has 1 atom stereocenters. The predicted octanol–water partition coefficient (Wildman–Crippen LogP) is 1.96. The maximum Gasteiger partial charge on any atom is 0.115 e. The molecule has 1 aromatic heterocycles. The van der Waals surface area contributed by atoms with Gasteiger partial charge in [0.1, 0.15) is 5.60 Å². The molecule has 0 aromatic carbocycles. The Balaban J connectivity index is 2.35. The molecule has 1 aliphatic rings. The number of nitrogens with two attached hydrogens (primary N) is 1. The number of thiophene rings is 1. The van der Waals surface area contributed by atoms with Crippen LogP contribution in [-0.4, -0.2) is 11.7 Å². The molecule has 1 unspecified atom stereocenters. The summed E-state index contributed by atoms with van der Waals surface area (Å²) in [5, 5.41) is 12.8. The zero-order valence-corrected chi connectivity index (χ0v) is 8.74. The van der Waals surface area contributed by atoms with Gasteiger partial charge in [-0.25, -0.2) is 0 Å². The summed E-state index contributed by atoms with van der Waals surface area (Å²) in [4.78, 5) is 0.833. The van der Waals surface area contributed by atoms with Gasteiger partial charge in [-0.3, -0.25) is 0 Å². The molecule has 0 amide bonds. The molecule has 1 aromatic rings. The van der Waals surface area contributed by atoms with Crippen molar-refractivity contribution in [3.63, 3.8) is 0 Å². The zero-order valence-electron chi connectivity index (χ0n) is 7.16. The molecule has 13 heavy (non-hydrogen) atoms. The summed E-state index contributed by atoms with van der Waals surface area (Å²) in [7, 11) is 0. The van der Waals surface area contributed by atoms with Crippen molar-refractivity contribution in [2.75, 3.05) is 6.54 Å². The molecule has 3 N–H and O–H groups in total. The van der Waals surface area contributed by atoms with E-state index in [1.54, 1.807) is 0 Å². The van der Waals surface area contributed by atoms with Gasteiger partial charge in [0, 0.05) is 6.54 Å². The van der Waals surface area contributed by atoms with E-state index in [-0.39, 0.29) is 6.54 Å². The Morgan fingerprint density at radius 3 is 2.77 bits per heavy atom. The Bertz CT molecular complexity index is 310. The van der Waals surface area contributed by atoms with E-state index in [0.29, 0.717) is 10.9 Å². The molecule has 72 valence electrons. The van der Waals surface area contributed by atoms with Gasteiger partial charge < -0.3 is 10.8 Å². The lowest BCUT2D eigenvalue weighted by Crippen LogP contribution is -2.36. The molecule has 0 spiro atoms. The topological polar surface area (TPSA) is 46.2 Å². The van der Waals surface area contributed by atoms with Gasteiger partial charge in [-0.2, -0.15) is 0 Å². The van der Waals surface area contributed by atoms with E-state index >= 15 is 0 Å². The van der Waals surface area contributed by atoms with Crippen molar-refractivity contribution < 1.29 is 5.11 Å². The summed E-state index contributed by atoms with van der Waals surface area (Å²) in [5.74, 6) is 0.314. The standard InChI is InChI=1S/C9H12ClNOS/c10-7-3-4-13-8(7)9(12,5-11)6-1-2-6/h3-4,6,12H,1-2,5,11H2. The van der Waals surface area contributed by atoms with Crippen LogP contribution in [0.4, 0.5) is 0 Å². The molecular formula is C9H12ClNOS. The summed E-state index contributed by atoms with van der Waals surface area (Å²) >= 11 is 7.46. The van der Waals surface area contributed by atoms with Gasteiger partial charge in [-0.05, 0) is 30.2 Å². The van der Waals surface area contributed by atoms with Crippen LogP contribution in [0.3, 0.4) is 0 Å². The zero-order chi connectivity index (χ0) is 9.47. The summed E-state index contributed by atoms with van der Waals surface area (Å²) in [6, 6.07) is 1.81. The van der Waals surface area contributed by atoms with Crippen molar-refractivity contribution in [2.24, 2.45) is 11.7 Å². The molecule has 1 saturated carbocycles. The lowest BCUT2D eigenvalue weighted by molar-refractivity contribution is 0.0260. The van der Waals surface area contributed by atoms with E-state index in [0.717, 1.165) is 17.7 Å². The largest absolute Gasteiger partial charge is 0.383 e. The van der Waals surface area contributed by atoms with Crippen molar-refractivity contribution in [1.82, 2.24) is 0 Å².